The van der Waals surface area contributed by atoms with Crippen molar-refractivity contribution in [2.24, 2.45) is 0 Å². The van der Waals surface area contributed by atoms with E-state index in [0.29, 0.717) is 0 Å². The fourth-order valence-corrected chi connectivity index (χ4v) is 3.36. The maximum Gasteiger partial charge on any atom is 0.338 e. The number of phenols is 3. The second-order valence-corrected chi connectivity index (χ2v) is 7.46. The van der Waals surface area contributed by atoms with Crippen molar-refractivity contribution in [3.63, 3.8) is 0 Å². The molecule has 3 rings (SSSR count). The van der Waals surface area contributed by atoms with Gasteiger partial charge in [0.1, 0.15) is 36.8 Å². The van der Waals surface area contributed by atoms with E-state index in [9.17, 15) is 35.4 Å². The molecule has 0 amide bonds. The van der Waals surface area contributed by atoms with Gasteiger partial charge in [0, 0.05) is 12.1 Å². The summed E-state index contributed by atoms with van der Waals surface area (Å²) in [4.78, 5) is 12.6. The monoisotopic (exact) mass is 498 g/mol. The van der Waals surface area contributed by atoms with Gasteiger partial charge in [-0.2, -0.15) is 0 Å². The summed E-state index contributed by atoms with van der Waals surface area (Å²) in [6.07, 6.45) is -8.18. The van der Waals surface area contributed by atoms with Crippen LogP contribution in [0.1, 0.15) is 10.4 Å². The Morgan fingerprint density at radius 2 is 1.46 bits per heavy atom. The van der Waals surface area contributed by atoms with Gasteiger partial charge < -0.3 is 59.1 Å². The number of esters is 1. The Labute approximate surface area is 199 Å². The third kappa shape index (κ3) is 5.38. The molecule has 13 nitrogen and oxygen atoms in total. The van der Waals surface area contributed by atoms with Crippen molar-refractivity contribution in [3.8, 4) is 40.2 Å². The highest BCUT2D eigenvalue weighted by molar-refractivity contribution is 5.91. The van der Waals surface area contributed by atoms with Crippen LogP contribution in [0.15, 0.2) is 24.3 Å². The normalized spacial score (nSPS) is 23.9. The number of hydrogen-bond acceptors (Lipinski definition) is 13. The zero-order chi connectivity index (χ0) is 25.9. The van der Waals surface area contributed by atoms with E-state index in [2.05, 4.69) is 0 Å². The Balaban J connectivity index is 1.75. The van der Waals surface area contributed by atoms with Gasteiger partial charge in [-0.15, -0.1) is 0 Å². The van der Waals surface area contributed by atoms with Gasteiger partial charge in [0.05, 0.1) is 26.9 Å². The van der Waals surface area contributed by atoms with Crippen LogP contribution in [0.5, 0.6) is 40.2 Å². The molecule has 1 aliphatic heterocycles. The lowest BCUT2D eigenvalue weighted by molar-refractivity contribution is -0.277. The van der Waals surface area contributed by atoms with Crippen LogP contribution in [0, 0.1) is 0 Å². The van der Waals surface area contributed by atoms with Gasteiger partial charge in [0.15, 0.2) is 23.0 Å². The quantitative estimate of drug-likeness (QED) is 0.264. The molecule has 6 N–H and O–H groups in total. The van der Waals surface area contributed by atoms with E-state index in [1.807, 2.05) is 0 Å². The van der Waals surface area contributed by atoms with Crippen molar-refractivity contribution in [3.05, 3.63) is 29.8 Å². The molecule has 5 atom stereocenters. The number of aromatic hydroxyl groups is 3. The number of hydrogen-bond donors (Lipinski definition) is 6. The highest BCUT2D eigenvalue weighted by atomic mass is 16.7. The Bertz CT molecular complexity index is 1030. The summed E-state index contributed by atoms with van der Waals surface area (Å²) in [5.74, 6) is -2.57. The zero-order valence-electron chi connectivity index (χ0n) is 18.9. The Morgan fingerprint density at radius 3 is 2.03 bits per heavy atom. The Morgan fingerprint density at radius 1 is 0.857 bits per heavy atom. The van der Waals surface area contributed by atoms with Crippen molar-refractivity contribution >= 4 is 5.97 Å². The van der Waals surface area contributed by atoms with E-state index in [1.165, 1.54) is 33.5 Å². The highest BCUT2D eigenvalue weighted by Crippen LogP contribution is 2.42. The standard InChI is InChI=1S/C22H26O13/c1-30-12-4-9(5-13(31-2)16(12)25)21(29)33-8-15-17(26)18(27)19(28)22(34-15)35-20-11(24)6-10(23)7-14(20)32-3/h4-7,15,17-19,22-28H,8H2,1-3H3. The molecule has 2 aromatic carbocycles. The Hall–Kier alpha value is -3.65. The SMILES string of the molecule is COc1cc(C(=O)OCC2OC(Oc3c(O)cc(O)cc3OC)C(O)C(O)C2O)cc(OC)c1O. The summed E-state index contributed by atoms with van der Waals surface area (Å²) >= 11 is 0. The van der Waals surface area contributed by atoms with Gasteiger partial charge in [0.25, 0.3) is 0 Å². The number of carbonyl (C=O) groups is 1. The van der Waals surface area contributed by atoms with Gasteiger partial charge >= 0.3 is 5.97 Å². The molecule has 1 fully saturated rings. The molecule has 0 radical (unpaired) electrons. The van der Waals surface area contributed by atoms with E-state index < -0.39 is 49.0 Å². The summed E-state index contributed by atoms with van der Waals surface area (Å²) in [6.45, 7) is -0.576. The number of ether oxygens (including phenoxy) is 6. The number of benzene rings is 2. The fourth-order valence-electron chi connectivity index (χ4n) is 3.36. The molecule has 0 bridgehead atoms. The van der Waals surface area contributed by atoms with Crippen LogP contribution in [-0.4, -0.2) is 95.3 Å². The largest absolute Gasteiger partial charge is 0.508 e. The van der Waals surface area contributed by atoms with Crippen molar-refractivity contribution in [1.29, 1.82) is 0 Å². The summed E-state index contributed by atoms with van der Waals surface area (Å²) < 4.78 is 31.1. The van der Waals surface area contributed by atoms with Crippen LogP contribution in [0.25, 0.3) is 0 Å². The van der Waals surface area contributed by atoms with Crippen molar-refractivity contribution in [2.75, 3.05) is 27.9 Å². The van der Waals surface area contributed by atoms with Crippen LogP contribution < -0.4 is 18.9 Å². The lowest BCUT2D eigenvalue weighted by Crippen LogP contribution is -2.60. The average Bonchev–Trinajstić information content (AvgIpc) is 2.84. The minimum absolute atomic E-state index is 0.0417. The van der Waals surface area contributed by atoms with Crippen LogP contribution in [-0.2, 0) is 9.47 Å². The van der Waals surface area contributed by atoms with E-state index in [0.717, 1.165) is 12.1 Å². The van der Waals surface area contributed by atoms with Crippen molar-refractivity contribution in [1.82, 2.24) is 0 Å². The van der Waals surface area contributed by atoms with Crippen LogP contribution >= 0.6 is 0 Å². The van der Waals surface area contributed by atoms with Gasteiger partial charge in [-0.3, -0.25) is 0 Å². The van der Waals surface area contributed by atoms with E-state index in [-0.39, 0.29) is 40.1 Å². The molecule has 5 unspecified atom stereocenters. The summed E-state index contributed by atoms with van der Waals surface area (Å²) in [5, 5.41) is 60.5. The van der Waals surface area contributed by atoms with E-state index in [1.54, 1.807) is 0 Å². The molecule has 0 aromatic heterocycles. The molecule has 1 aliphatic rings. The fraction of sp³-hybridized carbons (Fsp3) is 0.409. The third-order valence-corrected chi connectivity index (χ3v) is 5.24. The minimum Gasteiger partial charge on any atom is -0.508 e. The molecule has 2 aromatic rings. The van der Waals surface area contributed by atoms with Crippen LogP contribution in [0.4, 0.5) is 0 Å². The second-order valence-electron chi connectivity index (χ2n) is 7.46. The number of rotatable bonds is 8. The molecule has 1 heterocycles. The summed E-state index contributed by atoms with van der Waals surface area (Å²) in [7, 11) is 3.81. The first-order valence-corrected chi connectivity index (χ1v) is 10.2. The summed E-state index contributed by atoms with van der Waals surface area (Å²) in [5.41, 5.74) is -0.0473. The minimum atomic E-state index is -1.77. The number of aliphatic hydroxyl groups is 3. The summed E-state index contributed by atoms with van der Waals surface area (Å²) in [6, 6.07) is 4.51. The molecule has 35 heavy (non-hydrogen) atoms. The van der Waals surface area contributed by atoms with Gasteiger partial charge in [-0.25, -0.2) is 4.79 Å². The van der Waals surface area contributed by atoms with E-state index >= 15 is 0 Å². The molecular formula is C22H26O13. The molecule has 1 saturated heterocycles. The molecule has 192 valence electrons. The predicted molar refractivity (Wildman–Crippen MR) is 115 cm³/mol. The zero-order valence-corrected chi connectivity index (χ0v) is 18.9. The first kappa shape index (κ1) is 26.0. The Kier molecular flexibility index (Phi) is 7.96. The van der Waals surface area contributed by atoms with Gasteiger partial charge in [-0.05, 0) is 12.1 Å². The van der Waals surface area contributed by atoms with Crippen molar-refractivity contribution in [2.45, 2.75) is 30.7 Å². The van der Waals surface area contributed by atoms with Gasteiger partial charge in [0.2, 0.25) is 17.8 Å². The number of phenolic OH excluding ortho intramolecular Hbond substituents is 3. The van der Waals surface area contributed by atoms with E-state index in [4.69, 9.17) is 28.4 Å². The van der Waals surface area contributed by atoms with Gasteiger partial charge in [-0.1, -0.05) is 0 Å². The number of carbonyl (C=O) groups excluding carboxylic acids is 1. The molecular weight excluding hydrogens is 472 g/mol. The lowest BCUT2D eigenvalue weighted by atomic mass is 9.99. The molecule has 0 spiro atoms. The second kappa shape index (κ2) is 10.7. The average molecular weight is 498 g/mol. The molecule has 0 aliphatic carbocycles. The molecule has 13 heteroatoms. The van der Waals surface area contributed by atoms with Crippen LogP contribution in [0.2, 0.25) is 0 Å². The highest BCUT2D eigenvalue weighted by Gasteiger charge is 2.46. The van der Waals surface area contributed by atoms with Crippen molar-refractivity contribution < 1.29 is 63.9 Å². The first-order valence-electron chi connectivity index (χ1n) is 10.2. The maximum atomic E-state index is 12.6. The predicted octanol–water partition coefficient (Wildman–Crippen LogP) is -0.127. The molecule has 0 saturated carbocycles. The first-order chi connectivity index (χ1) is 16.6. The van der Waals surface area contributed by atoms with Crippen LogP contribution in [0.3, 0.4) is 0 Å². The number of methoxy groups -OCH3 is 3. The lowest BCUT2D eigenvalue weighted by Gasteiger charge is -2.40. The maximum absolute atomic E-state index is 12.6. The number of aliphatic hydroxyl groups excluding tert-OH is 3. The smallest absolute Gasteiger partial charge is 0.338 e. The topological polar surface area (TPSA) is 194 Å². The third-order valence-electron chi connectivity index (χ3n) is 5.24.